The van der Waals surface area contributed by atoms with Gasteiger partial charge in [-0.05, 0) is 18.2 Å². The van der Waals surface area contributed by atoms with E-state index < -0.39 is 4.92 Å². The molecule has 4 aromatic rings. The van der Waals surface area contributed by atoms with Crippen molar-refractivity contribution in [2.75, 3.05) is 0 Å². The first-order valence-corrected chi connectivity index (χ1v) is 7.19. The summed E-state index contributed by atoms with van der Waals surface area (Å²) in [7, 11) is 5.73. The molecule has 0 amide bonds. The maximum absolute atomic E-state index is 11.5. The van der Waals surface area contributed by atoms with E-state index in [1.165, 1.54) is 6.07 Å². The molecule has 0 saturated heterocycles. The Balaban J connectivity index is 2.19. The van der Waals surface area contributed by atoms with Crippen molar-refractivity contribution in [1.82, 2.24) is 4.57 Å². The first kappa shape index (κ1) is 13.6. The third-order valence-corrected chi connectivity index (χ3v) is 4.02. The van der Waals surface area contributed by atoms with E-state index in [0.717, 1.165) is 21.8 Å². The van der Waals surface area contributed by atoms with Gasteiger partial charge in [0.1, 0.15) is 13.5 Å². The minimum absolute atomic E-state index is 0.00324. The average Bonchev–Trinajstić information content (AvgIpc) is 2.89. The van der Waals surface area contributed by atoms with Gasteiger partial charge in [0.2, 0.25) is 0 Å². The van der Waals surface area contributed by atoms with Gasteiger partial charge in [-0.2, -0.15) is 0 Å². The maximum Gasteiger partial charge on any atom is 0.292 e. The van der Waals surface area contributed by atoms with Gasteiger partial charge >= 0.3 is 0 Å². The van der Waals surface area contributed by atoms with Crippen LogP contribution in [0.2, 0.25) is 0 Å². The van der Waals surface area contributed by atoms with Gasteiger partial charge in [0, 0.05) is 16.8 Å². The zero-order valence-corrected chi connectivity index (χ0v) is 12.1. The van der Waals surface area contributed by atoms with Gasteiger partial charge in [0.25, 0.3) is 5.69 Å². The van der Waals surface area contributed by atoms with Crippen molar-refractivity contribution < 1.29 is 4.92 Å². The third-order valence-electron chi connectivity index (χ3n) is 4.02. The van der Waals surface area contributed by atoms with Gasteiger partial charge < -0.3 is 4.57 Å². The highest BCUT2D eigenvalue weighted by Gasteiger charge is 2.19. The van der Waals surface area contributed by atoms with E-state index in [-0.39, 0.29) is 5.69 Å². The summed E-state index contributed by atoms with van der Waals surface area (Å²) in [5, 5.41) is 13.6. The van der Waals surface area contributed by atoms with E-state index in [2.05, 4.69) is 0 Å². The molecule has 1 heterocycles. The fraction of sp³-hybridized carbons (Fsp3) is 0. The number of nitro benzene ring substituents is 1. The van der Waals surface area contributed by atoms with Gasteiger partial charge in [-0.15, -0.1) is 0 Å². The smallest absolute Gasteiger partial charge is 0.292 e. The zero-order chi connectivity index (χ0) is 16.0. The standard InChI is InChI=1S/C18H11BN2O2/c19-12-9-10-17(18(11-12)21(22)23)20-15-7-3-1-5-13(15)14-6-2-4-8-16(14)20/h1-11H. The molecule has 0 fully saturated rings. The lowest BCUT2D eigenvalue weighted by atomic mass is 9.95. The van der Waals surface area contributed by atoms with Gasteiger partial charge in [-0.25, -0.2) is 0 Å². The minimum atomic E-state index is -0.394. The molecule has 0 spiro atoms. The summed E-state index contributed by atoms with van der Waals surface area (Å²) >= 11 is 0. The Kier molecular flexibility index (Phi) is 2.94. The number of hydrogen-bond donors (Lipinski definition) is 0. The van der Waals surface area contributed by atoms with E-state index in [1.807, 2.05) is 53.1 Å². The summed E-state index contributed by atoms with van der Waals surface area (Å²) in [5.74, 6) is 0. The molecule has 0 aliphatic carbocycles. The largest absolute Gasteiger partial charge is 0.303 e. The van der Waals surface area contributed by atoms with Crippen molar-refractivity contribution in [3.8, 4) is 5.69 Å². The number of benzene rings is 3. The molecular formula is C18H11BN2O2. The summed E-state index contributed by atoms with van der Waals surface area (Å²) < 4.78 is 1.92. The molecule has 0 atom stereocenters. The van der Waals surface area contributed by atoms with Crippen molar-refractivity contribution in [3.63, 3.8) is 0 Å². The zero-order valence-electron chi connectivity index (χ0n) is 12.1. The van der Waals surface area contributed by atoms with Crippen LogP contribution in [0.5, 0.6) is 0 Å². The second-order valence-corrected chi connectivity index (χ2v) is 5.37. The Morgan fingerprint density at radius 2 is 1.43 bits per heavy atom. The van der Waals surface area contributed by atoms with Gasteiger partial charge in [-0.3, -0.25) is 10.1 Å². The Morgan fingerprint density at radius 1 is 0.870 bits per heavy atom. The second-order valence-electron chi connectivity index (χ2n) is 5.37. The van der Waals surface area contributed by atoms with E-state index in [9.17, 15) is 10.1 Å². The number of nitro groups is 1. The van der Waals surface area contributed by atoms with Crippen LogP contribution >= 0.6 is 0 Å². The van der Waals surface area contributed by atoms with Crippen LogP contribution in [0.25, 0.3) is 27.5 Å². The minimum Gasteiger partial charge on any atom is -0.303 e. The molecule has 0 saturated carbocycles. The molecule has 0 N–H and O–H groups in total. The average molecular weight is 298 g/mol. The first-order chi connectivity index (χ1) is 11.2. The molecule has 0 aliphatic heterocycles. The lowest BCUT2D eigenvalue weighted by Gasteiger charge is -2.09. The number of para-hydroxylation sites is 2. The lowest BCUT2D eigenvalue weighted by molar-refractivity contribution is -0.384. The van der Waals surface area contributed by atoms with Crippen molar-refractivity contribution in [3.05, 3.63) is 76.8 Å². The Bertz CT molecular complexity index is 1020. The molecule has 23 heavy (non-hydrogen) atoms. The van der Waals surface area contributed by atoms with Crippen LogP contribution in [-0.2, 0) is 0 Å². The third kappa shape index (κ3) is 2.01. The van der Waals surface area contributed by atoms with Gasteiger partial charge in [-0.1, -0.05) is 47.9 Å². The van der Waals surface area contributed by atoms with Crippen LogP contribution < -0.4 is 5.46 Å². The van der Waals surface area contributed by atoms with Crippen molar-refractivity contribution in [2.24, 2.45) is 0 Å². The van der Waals surface area contributed by atoms with E-state index >= 15 is 0 Å². The SMILES string of the molecule is [B]c1ccc(-n2c3ccccc3c3ccccc32)c([N+](=O)[O-])c1. The van der Waals surface area contributed by atoms with Crippen molar-refractivity contribution in [1.29, 1.82) is 0 Å². The van der Waals surface area contributed by atoms with E-state index in [1.54, 1.807) is 12.1 Å². The van der Waals surface area contributed by atoms with Crippen molar-refractivity contribution in [2.45, 2.75) is 0 Å². The van der Waals surface area contributed by atoms with Crippen LogP contribution in [0.4, 0.5) is 5.69 Å². The fourth-order valence-corrected chi connectivity index (χ4v) is 3.06. The molecule has 0 bridgehead atoms. The molecule has 5 heteroatoms. The number of aromatic nitrogens is 1. The fourth-order valence-electron chi connectivity index (χ4n) is 3.06. The number of fused-ring (bicyclic) bond motifs is 3. The molecule has 108 valence electrons. The predicted octanol–water partition coefficient (Wildman–Crippen LogP) is 3.49. The van der Waals surface area contributed by atoms with Crippen LogP contribution in [0.3, 0.4) is 0 Å². The van der Waals surface area contributed by atoms with E-state index in [0.29, 0.717) is 11.2 Å². The summed E-state index contributed by atoms with van der Waals surface area (Å²) in [5.41, 5.74) is 2.75. The summed E-state index contributed by atoms with van der Waals surface area (Å²) in [6.45, 7) is 0. The Hall–Kier alpha value is -3.08. The van der Waals surface area contributed by atoms with Crippen LogP contribution in [0, 0.1) is 10.1 Å². The van der Waals surface area contributed by atoms with Crippen molar-refractivity contribution >= 4 is 40.8 Å². The van der Waals surface area contributed by atoms with Crippen LogP contribution in [-0.4, -0.2) is 17.3 Å². The number of nitrogens with zero attached hydrogens (tertiary/aromatic N) is 2. The summed E-state index contributed by atoms with van der Waals surface area (Å²) in [6, 6.07) is 20.6. The number of hydrogen-bond acceptors (Lipinski definition) is 2. The summed E-state index contributed by atoms with van der Waals surface area (Å²) in [6.07, 6.45) is 0. The Labute approximate surface area is 133 Å². The molecule has 3 aromatic carbocycles. The van der Waals surface area contributed by atoms with Gasteiger partial charge in [0.15, 0.2) is 0 Å². The van der Waals surface area contributed by atoms with Crippen LogP contribution in [0.15, 0.2) is 66.7 Å². The quantitative estimate of drug-likeness (QED) is 0.323. The predicted molar refractivity (Wildman–Crippen MR) is 92.8 cm³/mol. The number of rotatable bonds is 2. The second kappa shape index (κ2) is 4.99. The highest BCUT2D eigenvalue weighted by Crippen LogP contribution is 2.34. The molecule has 0 unspecified atom stereocenters. The Morgan fingerprint density at radius 3 is 2.00 bits per heavy atom. The topological polar surface area (TPSA) is 48.1 Å². The summed E-state index contributed by atoms with van der Waals surface area (Å²) in [4.78, 5) is 11.1. The molecular weight excluding hydrogens is 287 g/mol. The molecule has 4 nitrogen and oxygen atoms in total. The normalized spacial score (nSPS) is 11.1. The van der Waals surface area contributed by atoms with Gasteiger partial charge in [0.05, 0.1) is 16.0 Å². The highest BCUT2D eigenvalue weighted by atomic mass is 16.6. The first-order valence-electron chi connectivity index (χ1n) is 7.19. The van der Waals surface area contributed by atoms with Crippen LogP contribution in [0.1, 0.15) is 0 Å². The van der Waals surface area contributed by atoms with E-state index in [4.69, 9.17) is 7.85 Å². The molecule has 0 aliphatic rings. The monoisotopic (exact) mass is 298 g/mol. The molecule has 1 aromatic heterocycles. The molecule has 4 rings (SSSR count). The molecule has 2 radical (unpaired) electrons. The highest BCUT2D eigenvalue weighted by molar-refractivity contribution is 6.32. The maximum atomic E-state index is 11.5. The lowest BCUT2D eigenvalue weighted by Crippen LogP contribution is -2.07.